The number of nitrogens with zero attached hydrogens (tertiary/aromatic N) is 12. The highest BCUT2D eigenvalue weighted by molar-refractivity contribution is 6.29. The minimum absolute atomic E-state index is 0.167. The molecule has 2 amide bonds. The molecule has 0 aliphatic carbocycles. The van der Waals surface area contributed by atoms with Gasteiger partial charge in [0.2, 0.25) is 0 Å². The average Bonchev–Trinajstić information content (AvgIpc) is 3.94. The summed E-state index contributed by atoms with van der Waals surface area (Å²) in [5.41, 5.74) is 5.25. The number of aryl methyl sites for hydroxylation is 4. The van der Waals surface area contributed by atoms with Crippen LogP contribution in [0.25, 0.3) is 11.3 Å². The van der Waals surface area contributed by atoms with Crippen LogP contribution in [0.2, 0.25) is 5.15 Å². The second-order valence-corrected chi connectivity index (χ2v) is 13.5. The van der Waals surface area contributed by atoms with Crippen molar-refractivity contribution >= 4 is 52.2 Å². The Bertz CT molecular complexity index is 2230. The molecule has 17 heteroatoms. The number of rotatable bonds is 7. The fourth-order valence-corrected chi connectivity index (χ4v) is 6.68. The summed E-state index contributed by atoms with van der Waals surface area (Å²) in [6, 6.07) is 0. The standard InChI is InChI=1S/C22H28N8O.C13H11ClN6O/c1-15-11-30-14-19(26-16(2)21(30)25-15)27-22(31)18-9-24-20(10-23-18)29-8-5-17(13-29)12-28-6-3-4-7-28;1-7-5-20-6-11(18-8(2)12(20)17-7)19-13(21)9-3-16-10(14)4-15-9/h9-11,14,17H,3-8,12-13H2,1-2H3,(H,27,31);3-6H,1-2H3,(H,19,21). The van der Waals surface area contributed by atoms with Gasteiger partial charge in [-0.15, -0.1) is 0 Å². The lowest BCUT2D eigenvalue weighted by atomic mass is 10.1. The van der Waals surface area contributed by atoms with Crippen LogP contribution in [0.3, 0.4) is 0 Å². The Hall–Kier alpha value is -5.61. The van der Waals surface area contributed by atoms with Crippen molar-refractivity contribution in [1.29, 1.82) is 0 Å². The van der Waals surface area contributed by atoms with E-state index in [-0.39, 0.29) is 22.4 Å². The monoisotopic (exact) mass is 722 g/mol. The molecule has 0 bridgehead atoms. The summed E-state index contributed by atoms with van der Waals surface area (Å²) in [6.45, 7) is 13.2. The van der Waals surface area contributed by atoms with Crippen molar-refractivity contribution in [3.8, 4) is 0 Å². The summed E-state index contributed by atoms with van der Waals surface area (Å²) in [7, 11) is 0. The number of aromatic nitrogens is 10. The van der Waals surface area contributed by atoms with Crippen molar-refractivity contribution in [1.82, 2.24) is 53.6 Å². The number of carbonyl (C=O) groups excluding carboxylic acids is 2. The molecule has 0 saturated carbocycles. The Morgan fingerprint density at radius 1 is 0.712 bits per heavy atom. The SMILES string of the molecule is Cc1cn2cc(NC(=O)c3cnc(Cl)cn3)nc(C)c2n1.Cc1cn2cc(NC(=O)c3cnc(N4CCC(CN5CCCC5)C4)cn3)nc(C)c2n1. The first kappa shape index (κ1) is 34.8. The third kappa shape index (κ3) is 7.97. The fraction of sp³-hybridized carbons (Fsp3) is 0.371. The Morgan fingerprint density at radius 3 is 1.79 bits per heavy atom. The molecule has 2 fully saturated rings. The quantitative estimate of drug-likeness (QED) is 0.239. The predicted octanol–water partition coefficient (Wildman–Crippen LogP) is 4.35. The van der Waals surface area contributed by atoms with Gasteiger partial charge in [-0.05, 0) is 66.0 Å². The van der Waals surface area contributed by atoms with Crippen LogP contribution in [0.5, 0.6) is 0 Å². The lowest BCUT2D eigenvalue weighted by Gasteiger charge is -2.21. The summed E-state index contributed by atoms with van der Waals surface area (Å²) in [6.07, 6.45) is 16.9. The van der Waals surface area contributed by atoms with Gasteiger partial charge in [-0.3, -0.25) is 9.59 Å². The maximum absolute atomic E-state index is 12.6. The second kappa shape index (κ2) is 14.9. The van der Waals surface area contributed by atoms with Gasteiger partial charge in [0.05, 0.1) is 60.0 Å². The van der Waals surface area contributed by atoms with Gasteiger partial charge in [0.1, 0.15) is 34.0 Å². The van der Waals surface area contributed by atoms with E-state index in [4.69, 9.17) is 11.6 Å². The zero-order valence-electron chi connectivity index (χ0n) is 29.4. The zero-order chi connectivity index (χ0) is 36.4. The van der Waals surface area contributed by atoms with Crippen LogP contribution in [-0.4, -0.2) is 98.1 Å². The molecule has 16 nitrogen and oxygen atoms in total. The maximum atomic E-state index is 12.6. The number of amides is 2. The normalized spacial score (nSPS) is 15.9. The average molecular weight is 723 g/mol. The molecule has 8 rings (SSSR count). The highest BCUT2D eigenvalue weighted by Crippen LogP contribution is 2.24. The highest BCUT2D eigenvalue weighted by Gasteiger charge is 2.27. The Kier molecular flexibility index (Phi) is 10.0. The van der Waals surface area contributed by atoms with Gasteiger partial charge in [0.15, 0.2) is 11.3 Å². The summed E-state index contributed by atoms with van der Waals surface area (Å²) in [5.74, 6) is 1.67. The van der Waals surface area contributed by atoms with Crippen LogP contribution >= 0.6 is 11.6 Å². The number of hydrogen-bond acceptors (Lipinski definition) is 12. The van der Waals surface area contributed by atoms with E-state index < -0.39 is 5.91 Å². The van der Waals surface area contributed by atoms with Crippen molar-refractivity contribution in [3.63, 3.8) is 0 Å². The summed E-state index contributed by atoms with van der Waals surface area (Å²) in [5, 5.41) is 5.72. The van der Waals surface area contributed by atoms with Crippen LogP contribution in [0.1, 0.15) is 63.0 Å². The van der Waals surface area contributed by atoms with Gasteiger partial charge in [-0.1, -0.05) is 11.6 Å². The lowest BCUT2D eigenvalue weighted by molar-refractivity contribution is 0.101. The van der Waals surface area contributed by atoms with Crippen molar-refractivity contribution in [2.45, 2.75) is 47.0 Å². The maximum Gasteiger partial charge on any atom is 0.277 e. The van der Waals surface area contributed by atoms with Crippen LogP contribution < -0.4 is 15.5 Å². The number of carbonyl (C=O) groups is 2. The predicted molar refractivity (Wildman–Crippen MR) is 196 cm³/mol. The fourth-order valence-electron chi connectivity index (χ4n) is 6.58. The Morgan fingerprint density at radius 2 is 1.27 bits per heavy atom. The number of halogens is 1. The van der Waals surface area contributed by atoms with Gasteiger partial charge in [-0.2, -0.15) is 0 Å². The Balaban J connectivity index is 0.000000175. The number of likely N-dealkylation sites (tertiary alicyclic amines) is 1. The number of anilines is 3. The van der Waals surface area contributed by atoms with Gasteiger partial charge in [-0.25, -0.2) is 39.9 Å². The molecule has 2 aliphatic rings. The molecule has 1 atom stereocenters. The molecule has 268 valence electrons. The molecule has 52 heavy (non-hydrogen) atoms. The molecule has 6 aromatic rings. The largest absolute Gasteiger partial charge is 0.355 e. The topological polar surface area (TPSA) is 177 Å². The van der Waals surface area contributed by atoms with Crippen LogP contribution in [0.4, 0.5) is 17.5 Å². The molecular formula is C35H39ClN14O2. The molecule has 0 radical (unpaired) electrons. The smallest absolute Gasteiger partial charge is 0.277 e. The van der Waals surface area contributed by atoms with Gasteiger partial charge in [0.25, 0.3) is 11.8 Å². The van der Waals surface area contributed by atoms with E-state index in [0.717, 1.165) is 53.0 Å². The van der Waals surface area contributed by atoms with Gasteiger partial charge < -0.3 is 29.2 Å². The molecule has 0 spiro atoms. The second-order valence-electron chi connectivity index (χ2n) is 13.2. The van der Waals surface area contributed by atoms with Crippen LogP contribution in [0, 0.1) is 33.6 Å². The van der Waals surface area contributed by atoms with Crippen LogP contribution in [-0.2, 0) is 0 Å². The van der Waals surface area contributed by atoms with Crippen molar-refractivity contribution in [2.75, 3.05) is 48.3 Å². The molecule has 2 aliphatic heterocycles. The van der Waals surface area contributed by atoms with E-state index in [9.17, 15) is 9.59 Å². The number of fused-ring (bicyclic) bond motifs is 2. The third-order valence-electron chi connectivity index (χ3n) is 8.98. The van der Waals surface area contributed by atoms with Gasteiger partial charge in [0, 0.05) is 32.0 Å². The molecule has 8 heterocycles. The first-order chi connectivity index (χ1) is 25.1. The first-order valence-electron chi connectivity index (χ1n) is 17.1. The first-order valence-corrected chi connectivity index (χ1v) is 17.5. The van der Waals surface area contributed by atoms with E-state index in [2.05, 4.69) is 60.3 Å². The van der Waals surface area contributed by atoms with Crippen molar-refractivity contribution in [2.24, 2.45) is 5.92 Å². The third-order valence-corrected chi connectivity index (χ3v) is 9.18. The number of hydrogen-bond donors (Lipinski definition) is 2. The molecule has 2 N–H and O–H groups in total. The number of nitrogens with one attached hydrogen (secondary N) is 2. The minimum Gasteiger partial charge on any atom is -0.355 e. The Labute approximate surface area is 304 Å². The van der Waals surface area contributed by atoms with E-state index in [0.29, 0.717) is 17.6 Å². The van der Waals surface area contributed by atoms with E-state index in [1.165, 1.54) is 51.3 Å². The highest BCUT2D eigenvalue weighted by atomic mass is 35.5. The molecule has 6 aromatic heterocycles. The number of imidazole rings is 2. The zero-order valence-corrected chi connectivity index (χ0v) is 30.2. The summed E-state index contributed by atoms with van der Waals surface area (Å²) in [4.78, 5) is 63.7. The van der Waals surface area contributed by atoms with Gasteiger partial charge >= 0.3 is 0 Å². The van der Waals surface area contributed by atoms with Crippen LogP contribution in [0.15, 0.2) is 49.6 Å². The lowest BCUT2D eigenvalue weighted by Crippen LogP contribution is -2.29. The van der Waals surface area contributed by atoms with E-state index >= 15 is 0 Å². The molecule has 2 saturated heterocycles. The molecule has 0 aromatic carbocycles. The van der Waals surface area contributed by atoms with E-state index in [1.807, 2.05) is 48.9 Å². The molecular weight excluding hydrogens is 684 g/mol. The van der Waals surface area contributed by atoms with Crippen molar-refractivity contribution < 1.29 is 9.59 Å². The summed E-state index contributed by atoms with van der Waals surface area (Å²) < 4.78 is 3.69. The van der Waals surface area contributed by atoms with Crippen molar-refractivity contribution in [3.05, 3.63) is 88.9 Å². The molecule has 1 unspecified atom stereocenters. The minimum atomic E-state index is -0.401. The van der Waals surface area contributed by atoms with E-state index in [1.54, 1.807) is 24.8 Å². The summed E-state index contributed by atoms with van der Waals surface area (Å²) >= 11 is 5.64.